The maximum Gasteiger partial charge on any atom is 0.389 e. The van der Waals surface area contributed by atoms with E-state index >= 15 is 0 Å². The van der Waals surface area contributed by atoms with Crippen molar-refractivity contribution in [1.29, 1.82) is 0 Å². The SMILES string of the molecule is CC(C)NC(COCCCC(F)(F)F)(C(=O)O)C1CC1. The van der Waals surface area contributed by atoms with Gasteiger partial charge in [-0.25, -0.2) is 0 Å². The van der Waals surface area contributed by atoms with Crippen LogP contribution in [0.4, 0.5) is 13.2 Å². The average Bonchev–Trinajstić information content (AvgIpc) is 3.08. The van der Waals surface area contributed by atoms with Gasteiger partial charge in [0.15, 0.2) is 0 Å². The van der Waals surface area contributed by atoms with E-state index in [4.69, 9.17) is 4.74 Å². The first-order chi connectivity index (χ1) is 9.17. The van der Waals surface area contributed by atoms with Gasteiger partial charge in [-0.2, -0.15) is 13.2 Å². The lowest BCUT2D eigenvalue weighted by Gasteiger charge is -2.32. The molecule has 0 aromatic heterocycles. The normalized spacial score (nSPS) is 19.1. The van der Waals surface area contributed by atoms with E-state index in [1.807, 2.05) is 13.8 Å². The van der Waals surface area contributed by atoms with Gasteiger partial charge in [0.05, 0.1) is 6.61 Å². The maximum atomic E-state index is 12.0. The van der Waals surface area contributed by atoms with Crippen molar-refractivity contribution in [3.05, 3.63) is 0 Å². The number of alkyl halides is 3. The highest BCUT2D eigenvalue weighted by molar-refractivity contribution is 5.80. The Hall–Kier alpha value is -0.820. The molecule has 1 aliphatic carbocycles. The zero-order chi connectivity index (χ0) is 15.4. The number of ether oxygens (including phenoxy) is 1. The largest absolute Gasteiger partial charge is 0.480 e. The van der Waals surface area contributed by atoms with Crippen molar-refractivity contribution in [3.63, 3.8) is 0 Å². The van der Waals surface area contributed by atoms with E-state index in [0.717, 1.165) is 12.8 Å². The van der Waals surface area contributed by atoms with Crippen LogP contribution >= 0.6 is 0 Å². The predicted octanol–water partition coefficient (Wildman–Crippen LogP) is 2.58. The molecule has 1 fully saturated rings. The summed E-state index contributed by atoms with van der Waals surface area (Å²) in [5.74, 6) is -1.01. The third kappa shape index (κ3) is 5.28. The molecule has 118 valence electrons. The van der Waals surface area contributed by atoms with Crippen LogP contribution in [0.1, 0.15) is 39.5 Å². The number of rotatable bonds is 9. The fourth-order valence-electron chi connectivity index (χ4n) is 2.27. The smallest absolute Gasteiger partial charge is 0.389 e. The van der Waals surface area contributed by atoms with Gasteiger partial charge in [0, 0.05) is 19.1 Å². The van der Waals surface area contributed by atoms with Crippen LogP contribution in [0.25, 0.3) is 0 Å². The molecule has 2 N–H and O–H groups in total. The maximum absolute atomic E-state index is 12.0. The summed E-state index contributed by atoms with van der Waals surface area (Å²) in [5.41, 5.74) is -1.17. The molecule has 0 radical (unpaired) electrons. The first-order valence-corrected chi connectivity index (χ1v) is 6.83. The second-order valence-corrected chi connectivity index (χ2v) is 5.62. The number of carbonyl (C=O) groups is 1. The molecule has 1 rings (SSSR count). The third-order valence-corrected chi connectivity index (χ3v) is 3.28. The minimum atomic E-state index is -4.19. The van der Waals surface area contributed by atoms with Crippen LogP contribution in [0.2, 0.25) is 0 Å². The van der Waals surface area contributed by atoms with Crippen LogP contribution in [0.3, 0.4) is 0 Å². The third-order valence-electron chi connectivity index (χ3n) is 3.28. The van der Waals surface area contributed by atoms with Crippen molar-refractivity contribution >= 4 is 5.97 Å². The number of halogens is 3. The Morgan fingerprint density at radius 3 is 2.40 bits per heavy atom. The number of hydrogen-bond donors (Lipinski definition) is 2. The van der Waals surface area contributed by atoms with Crippen LogP contribution in [-0.4, -0.2) is 42.0 Å². The molecule has 1 saturated carbocycles. The first-order valence-electron chi connectivity index (χ1n) is 6.83. The van der Waals surface area contributed by atoms with Crippen molar-refractivity contribution in [1.82, 2.24) is 5.32 Å². The molecule has 7 heteroatoms. The molecular formula is C13H22F3NO3. The summed E-state index contributed by atoms with van der Waals surface area (Å²) in [4.78, 5) is 11.5. The lowest BCUT2D eigenvalue weighted by atomic mass is 9.93. The number of aliphatic carboxylic acids is 1. The molecule has 1 atom stereocenters. The number of carboxylic acid groups (broad SMARTS) is 1. The van der Waals surface area contributed by atoms with Gasteiger partial charge < -0.3 is 9.84 Å². The highest BCUT2D eigenvalue weighted by Crippen LogP contribution is 2.40. The molecule has 1 unspecified atom stereocenters. The van der Waals surface area contributed by atoms with E-state index in [2.05, 4.69) is 5.32 Å². The topological polar surface area (TPSA) is 58.6 Å². The van der Waals surface area contributed by atoms with Crippen LogP contribution in [0, 0.1) is 5.92 Å². The lowest BCUT2D eigenvalue weighted by Crippen LogP contribution is -2.59. The highest BCUT2D eigenvalue weighted by Gasteiger charge is 2.51. The fourth-order valence-corrected chi connectivity index (χ4v) is 2.27. The van der Waals surface area contributed by atoms with Crippen molar-refractivity contribution in [3.8, 4) is 0 Å². The number of carboxylic acids is 1. The molecule has 0 saturated heterocycles. The summed E-state index contributed by atoms with van der Waals surface area (Å²) < 4.78 is 41.2. The summed E-state index contributed by atoms with van der Waals surface area (Å²) in [7, 11) is 0. The number of nitrogens with one attached hydrogen (secondary N) is 1. The highest BCUT2D eigenvalue weighted by atomic mass is 19.4. The predicted molar refractivity (Wildman–Crippen MR) is 67.5 cm³/mol. The Bertz CT molecular complexity index is 329. The zero-order valence-corrected chi connectivity index (χ0v) is 11.8. The van der Waals surface area contributed by atoms with Gasteiger partial charge in [-0.3, -0.25) is 10.1 Å². The van der Waals surface area contributed by atoms with Crippen LogP contribution < -0.4 is 5.32 Å². The standard InChI is InChI=1S/C13H22F3NO3/c1-9(2)17-12(11(18)19,10-4-5-10)8-20-7-3-6-13(14,15)16/h9-10,17H,3-8H2,1-2H3,(H,18,19). The van der Waals surface area contributed by atoms with Gasteiger partial charge in [-0.05, 0) is 39.0 Å². The summed E-state index contributed by atoms with van der Waals surface area (Å²) >= 11 is 0. The van der Waals surface area contributed by atoms with Gasteiger partial charge in [-0.15, -0.1) is 0 Å². The molecule has 1 aliphatic rings. The van der Waals surface area contributed by atoms with E-state index < -0.39 is 24.1 Å². The van der Waals surface area contributed by atoms with E-state index in [9.17, 15) is 23.1 Å². The fraction of sp³-hybridized carbons (Fsp3) is 0.923. The lowest BCUT2D eigenvalue weighted by molar-refractivity contribution is -0.151. The molecule has 20 heavy (non-hydrogen) atoms. The quantitative estimate of drug-likeness (QED) is 0.642. The second-order valence-electron chi connectivity index (χ2n) is 5.62. The van der Waals surface area contributed by atoms with E-state index in [1.54, 1.807) is 0 Å². The van der Waals surface area contributed by atoms with Crippen molar-refractivity contribution < 1.29 is 27.8 Å². The van der Waals surface area contributed by atoms with Crippen LogP contribution in [0.15, 0.2) is 0 Å². The van der Waals surface area contributed by atoms with E-state index in [1.165, 1.54) is 0 Å². The molecule has 0 amide bonds. The van der Waals surface area contributed by atoms with Crippen molar-refractivity contribution in [2.45, 2.75) is 57.3 Å². The summed E-state index contributed by atoms with van der Waals surface area (Å²) in [5, 5.41) is 12.5. The van der Waals surface area contributed by atoms with Gasteiger partial charge in [0.2, 0.25) is 0 Å². The Labute approximate surface area is 116 Å². The number of hydrogen-bond acceptors (Lipinski definition) is 3. The Morgan fingerprint density at radius 1 is 1.40 bits per heavy atom. The monoisotopic (exact) mass is 297 g/mol. The molecule has 4 nitrogen and oxygen atoms in total. The van der Waals surface area contributed by atoms with Crippen LogP contribution in [0.5, 0.6) is 0 Å². The summed E-state index contributed by atoms with van der Waals surface area (Å²) in [6, 6.07) is -0.0366. The minimum Gasteiger partial charge on any atom is -0.480 e. The Balaban J connectivity index is 2.47. The van der Waals surface area contributed by atoms with Crippen molar-refractivity contribution in [2.75, 3.05) is 13.2 Å². The molecule has 0 spiro atoms. The molecule has 0 aromatic rings. The molecule has 0 heterocycles. The zero-order valence-electron chi connectivity index (χ0n) is 11.8. The van der Waals surface area contributed by atoms with E-state index in [-0.39, 0.29) is 31.6 Å². The van der Waals surface area contributed by atoms with Gasteiger partial charge >= 0.3 is 12.1 Å². The second kappa shape index (κ2) is 6.76. The van der Waals surface area contributed by atoms with Crippen molar-refractivity contribution in [2.24, 2.45) is 5.92 Å². The van der Waals surface area contributed by atoms with Crippen LogP contribution in [-0.2, 0) is 9.53 Å². The Morgan fingerprint density at radius 2 is 2.00 bits per heavy atom. The summed E-state index contributed by atoms with van der Waals surface area (Å²) in [6.07, 6.45) is -3.64. The van der Waals surface area contributed by atoms with Gasteiger partial charge in [0.1, 0.15) is 5.54 Å². The van der Waals surface area contributed by atoms with E-state index in [0.29, 0.717) is 0 Å². The average molecular weight is 297 g/mol. The molecule has 0 aromatic carbocycles. The molecular weight excluding hydrogens is 275 g/mol. The van der Waals surface area contributed by atoms with Gasteiger partial charge in [-0.1, -0.05) is 0 Å². The molecule has 0 aliphatic heterocycles. The minimum absolute atomic E-state index is 0.00924. The molecule has 0 bridgehead atoms. The summed E-state index contributed by atoms with van der Waals surface area (Å²) in [6.45, 7) is 3.50. The Kier molecular flexibility index (Phi) is 5.82. The first kappa shape index (κ1) is 17.2. The van der Waals surface area contributed by atoms with Gasteiger partial charge in [0.25, 0.3) is 0 Å².